The minimum Gasteiger partial charge on any atom is -0.315 e. The molecule has 2 N–H and O–H groups in total. The molecule has 2 unspecified atom stereocenters. The second kappa shape index (κ2) is 5.84. The molecule has 2 nitrogen and oxygen atoms in total. The molecule has 1 aliphatic rings. The van der Waals surface area contributed by atoms with Crippen molar-refractivity contribution in [3.05, 3.63) is 0 Å². The highest BCUT2D eigenvalue weighted by molar-refractivity contribution is 7.98. The molecule has 2 atom stereocenters. The summed E-state index contributed by atoms with van der Waals surface area (Å²) in [6.45, 7) is 4.62. The molecule has 1 aliphatic heterocycles. The van der Waals surface area contributed by atoms with Gasteiger partial charge in [0.05, 0.1) is 0 Å². The molecule has 0 aliphatic carbocycles. The predicted octanol–water partition coefficient (Wildman–Crippen LogP) is 1.08. The molecule has 0 aromatic carbocycles. The first-order valence-electron chi connectivity index (χ1n) is 4.78. The Hall–Kier alpha value is 0.270. The fourth-order valence-electron chi connectivity index (χ4n) is 1.69. The molecule has 0 saturated carbocycles. The van der Waals surface area contributed by atoms with E-state index in [1.807, 2.05) is 11.8 Å². The van der Waals surface area contributed by atoms with Crippen molar-refractivity contribution in [1.82, 2.24) is 10.6 Å². The Morgan fingerprint density at radius 3 is 3.08 bits per heavy atom. The highest BCUT2D eigenvalue weighted by atomic mass is 32.2. The summed E-state index contributed by atoms with van der Waals surface area (Å²) in [6, 6.07) is 1.37. The van der Waals surface area contributed by atoms with Crippen molar-refractivity contribution in [2.75, 3.05) is 25.1 Å². The first-order chi connectivity index (χ1) is 5.83. The predicted molar refractivity (Wildman–Crippen MR) is 56.9 cm³/mol. The highest BCUT2D eigenvalue weighted by Crippen LogP contribution is 2.04. The van der Waals surface area contributed by atoms with Gasteiger partial charge in [0.15, 0.2) is 0 Å². The van der Waals surface area contributed by atoms with Gasteiger partial charge in [-0.2, -0.15) is 11.8 Å². The monoisotopic (exact) mass is 188 g/mol. The molecular formula is C9H20N2S. The normalized spacial score (nSPS) is 27.0. The van der Waals surface area contributed by atoms with Crippen LogP contribution in [0.4, 0.5) is 0 Å². The second-order valence-electron chi connectivity index (χ2n) is 3.57. The summed E-state index contributed by atoms with van der Waals surface area (Å²) in [6.07, 6.45) is 4.83. The van der Waals surface area contributed by atoms with E-state index in [0.29, 0.717) is 12.1 Å². The van der Waals surface area contributed by atoms with Crippen LogP contribution >= 0.6 is 11.8 Å². The Bertz CT molecular complexity index is 113. The van der Waals surface area contributed by atoms with Crippen LogP contribution in [0.5, 0.6) is 0 Å². The summed E-state index contributed by atoms with van der Waals surface area (Å²) < 4.78 is 0. The van der Waals surface area contributed by atoms with E-state index in [9.17, 15) is 0 Å². The lowest BCUT2D eigenvalue weighted by molar-refractivity contribution is 0.369. The van der Waals surface area contributed by atoms with Gasteiger partial charge in [0.1, 0.15) is 0 Å². The molecule has 0 radical (unpaired) electrons. The van der Waals surface area contributed by atoms with Crippen molar-refractivity contribution in [2.45, 2.75) is 31.8 Å². The van der Waals surface area contributed by atoms with Crippen LogP contribution in [0, 0.1) is 0 Å². The molecule has 3 heteroatoms. The van der Waals surface area contributed by atoms with Crippen LogP contribution in [0.1, 0.15) is 19.8 Å². The zero-order chi connectivity index (χ0) is 8.81. The molecule has 0 aromatic rings. The number of hydrogen-bond donors (Lipinski definition) is 2. The Morgan fingerprint density at radius 2 is 2.50 bits per heavy atom. The number of thioether (sulfide) groups is 1. The topological polar surface area (TPSA) is 24.1 Å². The molecule has 0 aromatic heterocycles. The van der Waals surface area contributed by atoms with Gasteiger partial charge in [0.2, 0.25) is 0 Å². The molecule has 1 fully saturated rings. The third-order valence-corrected chi connectivity index (χ3v) is 3.07. The third kappa shape index (κ3) is 3.78. The van der Waals surface area contributed by atoms with Crippen molar-refractivity contribution in [1.29, 1.82) is 0 Å². The molecule has 1 heterocycles. The summed E-state index contributed by atoms with van der Waals surface area (Å²) in [5, 5.41) is 7.05. The van der Waals surface area contributed by atoms with Gasteiger partial charge >= 0.3 is 0 Å². The van der Waals surface area contributed by atoms with Crippen LogP contribution in [0.3, 0.4) is 0 Å². The van der Waals surface area contributed by atoms with Crippen molar-refractivity contribution in [3.63, 3.8) is 0 Å². The summed E-state index contributed by atoms with van der Waals surface area (Å²) in [5.74, 6) is 1.22. The highest BCUT2D eigenvalue weighted by Gasteiger charge is 2.14. The van der Waals surface area contributed by atoms with E-state index in [1.54, 1.807) is 0 Å². The number of piperidine rings is 1. The quantitative estimate of drug-likeness (QED) is 0.690. The maximum Gasteiger partial charge on any atom is 0.0195 e. The lowest BCUT2D eigenvalue weighted by atomic mass is 10.1. The summed E-state index contributed by atoms with van der Waals surface area (Å²) in [4.78, 5) is 0. The summed E-state index contributed by atoms with van der Waals surface area (Å²) in [7, 11) is 0. The van der Waals surface area contributed by atoms with E-state index in [-0.39, 0.29) is 0 Å². The zero-order valence-corrected chi connectivity index (χ0v) is 8.91. The van der Waals surface area contributed by atoms with Gasteiger partial charge in [-0.15, -0.1) is 0 Å². The smallest absolute Gasteiger partial charge is 0.0195 e. The van der Waals surface area contributed by atoms with Gasteiger partial charge in [-0.05, 0) is 32.6 Å². The standard InChI is InChI=1S/C9H20N2S/c1-8(7-12-2)11-9-4-3-5-10-6-9/h8-11H,3-7H2,1-2H3. The summed E-state index contributed by atoms with van der Waals surface area (Å²) >= 11 is 1.92. The number of hydrogen-bond acceptors (Lipinski definition) is 3. The average Bonchev–Trinajstić information content (AvgIpc) is 2.06. The molecule has 0 bridgehead atoms. The van der Waals surface area contributed by atoms with Crippen LogP contribution in [-0.2, 0) is 0 Å². The van der Waals surface area contributed by atoms with Gasteiger partial charge in [0.25, 0.3) is 0 Å². The van der Waals surface area contributed by atoms with Crippen molar-refractivity contribution in [2.24, 2.45) is 0 Å². The Morgan fingerprint density at radius 1 is 1.67 bits per heavy atom. The van der Waals surface area contributed by atoms with Crippen LogP contribution in [0.15, 0.2) is 0 Å². The van der Waals surface area contributed by atoms with E-state index in [1.165, 1.54) is 25.1 Å². The lowest BCUT2D eigenvalue weighted by Gasteiger charge is -2.27. The van der Waals surface area contributed by atoms with Crippen LogP contribution in [-0.4, -0.2) is 37.2 Å². The van der Waals surface area contributed by atoms with Gasteiger partial charge in [-0.1, -0.05) is 0 Å². The van der Waals surface area contributed by atoms with E-state index in [2.05, 4.69) is 23.8 Å². The second-order valence-corrected chi connectivity index (χ2v) is 4.48. The zero-order valence-electron chi connectivity index (χ0n) is 8.10. The number of nitrogens with one attached hydrogen (secondary N) is 2. The first-order valence-corrected chi connectivity index (χ1v) is 6.18. The Balaban J connectivity index is 2.11. The molecule has 1 saturated heterocycles. The first kappa shape index (κ1) is 10.4. The van der Waals surface area contributed by atoms with Crippen LogP contribution in [0.2, 0.25) is 0 Å². The van der Waals surface area contributed by atoms with E-state index >= 15 is 0 Å². The van der Waals surface area contributed by atoms with Gasteiger partial charge < -0.3 is 10.6 Å². The van der Waals surface area contributed by atoms with Gasteiger partial charge in [-0.25, -0.2) is 0 Å². The molecule has 12 heavy (non-hydrogen) atoms. The van der Waals surface area contributed by atoms with Crippen molar-refractivity contribution in [3.8, 4) is 0 Å². The summed E-state index contributed by atoms with van der Waals surface area (Å²) in [5.41, 5.74) is 0. The molecule has 0 spiro atoms. The van der Waals surface area contributed by atoms with Crippen LogP contribution < -0.4 is 10.6 Å². The third-order valence-electron chi connectivity index (χ3n) is 2.23. The SMILES string of the molecule is CSCC(C)NC1CCCNC1. The van der Waals surface area contributed by atoms with E-state index in [0.717, 1.165) is 6.54 Å². The largest absolute Gasteiger partial charge is 0.315 e. The molecular weight excluding hydrogens is 168 g/mol. The van der Waals surface area contributed by atoms with Crippen molar-refractivity contribution < 1.29 is 0 Å². The average molecular weight is 188 g/mol. The fraction of sp³-hybridized carbons (Fsp3) is 1.00. The fourth-order valence-corrected chi connectivity index (χ4v) is 2.29. The minimum atomic E-state index is 0.657. The van der Waals surface area contributed by atoms with Crippen molar-refractivity contribution >= 4 is 11.8 Å². The maximum absolute atomic E-state index is 3.64. The maximum atomic E-state index is 3.64. The molecule has 72 valence electrons. The van der Waals surface area contributed by atoms with E-state index in [4.69, 9.17) is 0 Å². The Kier molecular flexibility index (Phi) is 5.04. The minimum absolute atomic E-state index is 0.657. The van der Waals surface area contributed by atoms with Crippen LogP contribution in [0.25, 0.3) is 0 Å². The van der Waals surface area contributed by atoms with Gasteiger partial charge in [0, 0.05) is 24.4 Å². The lowest BCUT2D eigenvalue weighted by Crippen LogP contribution is -2.47. The van der Waals surface area contributed by atoms with E-state index < -0.39 is 0 Å². The molecule has 1 rings (SSSR count). The Labute approximate surface area is 79.9 Å². The van der Waals surface area contributed by atoms with Gasteiger partial charge in [-0.3, -0.25) is 0 Å². The molecule has 0 amide bonds. The number of rotatable bonds is 4.